The molecule has 0 spiro atoms. The van der Waals surface area contributed by atoms with Crippen LogP contribution in [-0.4, -0.2) is 21.3 Å². The van der Waals surface area contributed by atoms with Crippen LogP contribution in [0.2, 0.25) is 0 Å². The number of aromatic hydroxyl groups is 1. The minimum atomic E-state index is -1.20. The number of phenolic OH excluding ortho intramolecular Hbond substituents is 1. The standard InChI is InChI=1S/C11H8BrNO4/c1-5-2-6(12)3-7(10(5)14)8-4-9(11(15)16)17-13-8/h2-4,14H,1H3,(H,15,16). The van der Waals surface area contributed by atoms with E-state index in [1.807, 2.05) is 0 Å². The van der Waals surface area contributed by atoms with Crippen LogP contribution in [0.4, 0.5) is 0 Å². The maximum Gasteiger partial charge on any atom is 0.374 e. The van der Waals surface area contributed by atoms with Gasteiger partial charge in [-0.2, -0.15) is 0 Å². The lowest BCUT2D eigenvalue weighted by Crippen LogP contribution is -1.91. The molecule has 88 valence electrons. The average molecular weight is 298 g/mol. The zero-order valence-corrected chi connectivity index (χ0v) is 10.4. The number of aromatic carboxylic acids is 1. The molecule has 2 N–H and O–H groups in total. The Labute approximate surface area is 105 Å². The number of carbonyl (C=O) groups is 1. The first-order valence-corrected chi connectivity index (χ1v) is 5.48. The molecule has 0 radical (unpaired) electrons. The van der Waals surface area contributed by atoms with Crippen molar-refractivity contribution in [1.29, 1.82) is 0 Å². The number of benzene rings is 1. The fourth-order valence-electron chi connectivity index (χ4n) is 1.43. The molecule has 0 bridgehead atoms. The Hall–Kier alpha value is -1.82. The normalized spacial score (nSPS) is 10.5. The van der Waals surface area contributed by atoms with Crippen molar-refractivity contribution in [1.82, 2.24) is 5.16 Å². The Morgan fingerprint density at radius 3 is 2.71 bits per heavy atom. The highest BCUT2D eigenvalue weighted by atomic mass is 79.9. The van der Waals surface area contributed by atoms with E-state index >= 15 is 0 Å². The van der Waals surface area contributed by atoms with Gasteiger partial charge in [-0.3, -0.25) is 0 Å². The van der Waals surface area contributed by atoms with Gasteiger partial charge in [0.15, 0.2) is 0 Å². The molecule has 1 heterocycles. The summed E-state index contributed by atoms with van der Waals surface area (Å²) in [7, 11) is 0. The molecular formula is C11H8BrNO4. The Morgan fingerprint density at radius 2 is 2.12 bits per heavy atom. The van der Waals surface area contributed by atoms with Crippen molar-refractivity contribution in [2.45, 2.75) is 6.92 Å². The largest absolute Gasteiger partial charge is 0.507 e. The number of hydrogen-bond acceptors (Lipinski definition) is 4. The second-order valence-corrected chi connectivity index (χ2v) is 4.42. The summed E-state index contributed by atoms with van der Waals surface area (Å²) in [5.74, 6) is -1.41. The van der Waals surface area contributed by atoms with Crippen LogP contribution in [0.3, 0.4) is 0 Å². The molecule has 6 heteroatoms. The van der Waals surface area contributed by atoms with E-state index in [0.29, 0.717) is 11.1 Å². The Morgan fingerprint density at radius 1 is 1.41 bits per heavy atom. The number of halogens is 1. The highest BCUT2D eigenvalue weighted by Gasteiger charge is 2.16. The van der Waals surface area contributed by atoms with Gasteiger partial charge in [0, 0.05) is 16.1 Å². The maximum absolute atomic E-state index is 10.7. The Balaban J connectivity index is 2.56. The first-order valence-electron chi connectivity index (χ1n) is 4.68. The third-order valence-corrected chi connectivity index (χ3v) is 2.72. The smallest absolute Gasteiger partial charge is 0.374 e. The minimum Gasteiger partial charge on any atom is -0.507 e. The van der Waals surface area contributed by atoms with Gasteiger partial charge in [-0.25, -0.2) is 4.79 Å². The number of rotatable bonds is 2. The molecule has 0 fully saturated rings. The lowest BCUT2D eigenvalue weighted by atomic mass is 10.1. The molecule has 0 atom stereocenters. The number of carboxylic acid groups (broad SMARTS) is 1. The van der Waals surface area contributed by atoms with Gasteiger partial charge < -0.3 is 14.7 Å². The van der Waals surface area contributed by atoms with Crippen LogP contribution in [0.15, 0.2) is 27.2 Å². The number of aryl methyl sites for hydroxylation is 1. The average Bonchev–Trinajstić information content (AvgIpc) is 2.72. The van der Waals surface area contributed by atoms with E-state index < -0.39 is 5.97 Å². The fourth-order valence-corrected chi connectivity index (χ4v) is 2.01. The van der Waals surface area contributed by atoms with E-state index in [9.17, 15) is 9.90 Å². The minimum absolute atomic E-state index is 0.0541. The topological polar surface area (TPSA) is 83.6 Å². The van der Waals surface area contributed by atoms with Gasteiger partial charge in [0.25, 0.3) is 0 Å². The van der Waals surface area contributed by atoms with Crippen molar-refractivity contribution >= 4 is 21.9 Å². The summed E-state index contributed by atoms with van der Waals surface area (Å²) in [6, 6.07) is 4.66. The molecular weight excluding hydrogens is 290 g/mol. The van der Waals surface area contributed by atoms with E-state index in [0.717, 1.165) is 4.47 Å². The van der Waals surface area contributed by atoms with E-state index in [1.54, 1.807) is 19.1 Å². The maximum atomic E-state index is 10.7. The molecule has 2 rings (SSSR count). The molecule has 1 aromatic heterocycles. The highest BCUT2D eigenvalue weighted by molar-refractivity contribution is 9.10. The van der Waals surface area contributed by atoms with E-state index in [2.05, 4.69) is 25.6 Å². The number of aromatic nitrogens is 1. The number of nitrogens with zero attached hydrogens (tertiary/aromatic N) is 1. The van der Waals surface area contributed by atoms with Gasteiger partial charge >= 0.3 is 5.97 Å². The van der Waals surface area contributed by atoms with Crippen LogP contribution in [0, 0.1) is 6.92 Å². The van der Waals surface area contributed by atoms with E-state index in [4.69, 9.17) is 5.11 Å². The van der Waals surface area contributed by atoms with Crippen LogP contribution >= 0.6 is 15.9 Å². The summed E-state index contributed by atoms with van der Waals surface area (Å²) in [6.45, 7) is 1.74. The zero-order valence-electron chi connectivity index (χ0n) is 8.77. The first-order chi connectivity index (χ1) is 7.99. The molecule has 0 saturated carbocycles. The van der Waals surface area contributed by atoms with Gasteiger partial charge in [0.05, 0.1) is 0 Å². The summed E-state index contributed by atoms with van der Waals surface area (Å²) < 4.78 is 5.41. The SMILES string of the molecule is Cc1cc(Br)cc(-c2cc(C(=O)O)on2)c1O. The molecule has 0 saturated heterocycles. The molecule has 0 aliphatic rings. The summed E-state index contributed by atoms with van der Waals surface area (Å²) >= 11 is 3.29. The van der Waals surface area contributed by atoms with Crippen molar-refractivity contribution in [2.24, 2.45) is 0 Å². The molecule has 0 amide bonds. The predicted molar refractivity (Wildman–Crippen MR) is 63.0 cm³/mol. The van der Waals surface area contributed by atoms with Crippen LogP contribution < -0.4 is 0 Å². The third-order valence-electron chi connectivity index (χ3n) is 2.26. The van der Waals surface area contributed by atoms with Gasteiger partial charge in [0.2, 0.25) is 5.76 Å². The second-order valence-electron chi connectivity index (χ2n) is 3.50. The van der Waals surface area contributed by atoms with E-state index in [-0.39, 0.29) is 17.2 Å². The van der Waals surface area contributed by atoms with Crippen molar-refractivity contribution in [2.75, 3.05) is 0 Å². The lowest BCUT2D eigenvalue weighted by molar-refractivity contribution is 0.0652. The number of hydrogen-bond donors (Lipinski definition) is 2. The fraction of sp³-hybridized carbons (Fsp3) is 0.0909. The highest BCUT2D eigenvalue weighted by Crippen LogP contribution is 2.34. The van der Waals surface area contributed by atoms with E-state index in [1.165, 1.54) is 6.07 Å². The van der Waals surface area contributed by atoms with Crippen molar-refractivity contribution in [3.63, 3.8) is 0 Å². The summed E-state index contributed by atoms with van der Waals surface area (Å²) in [5, 5.41) is 22.2. The molecule has 2 aromatic rings. The van der Waals surface area contributed by atoms with Crippen molar-refractivity contribution in [3.05, 3.63) is 34.0 Å². The lowest BCUT2D eigenvalue weighted by Gasteiger charge is -2.04. The molecule has 5 nitrogen and oxygen atoms in total. The monoisotopic (exact) mass is 297 g/mol. The molecule has 0 unspecified atom stereocenters. The van der Waals surface area contributed by atoms with Gasteiger partial charge in [0.1, 0.15) is 11.4 Å². The number of carboxylic acids is 1. The summed E-state index contributed by atoms with van der Waals surface area (Å²) in [6.07, 6.45) is 0. The van der Waals surface area contributed by atoms with Crippen molar-refractivity contribution in [3.8, 4) is 17.0 Å². The second kappa shape index (κ2) is 4.21. The van der Waals surface area contributed by atoms with Crippen LogP contribution in [0.25, 0.3) is 11.3 Å². The first kappa shape index (κ1) is 11.7. The predicted octanol–water partition coefficient (Wildman–Crippen LogP) is 2.82. The molecule has 0 aliphatic carbocycles. The molecule has 0 aliphatic heterocycles. The zero-order chi connectivity index (χ0) is 12.6. The van der Waals surface area contributed by atoms with Crippen LogP contribution in [0.1, 0.15) is 16.1 Å². The van der Waals surface area contributed by atoms with Gasteiger partial charge in [-0.1, -0.05) is 21.1 Å². The van der Waals surface area contributed by atoms with Crippen molar-refractivity contribution < 1.29 is 19.5 Å². The van der Waals surface area contributed by atoms with Crippen LogP contribution in [0.5, 0.6) is 5.75 Å². The third kappa shape index (κ3) is 2.16. The van der Waals surface area contributed by atoms with Crippen LogP contribution in [-0.2, 0) is 0 Å². The Kier molecular flexibility index (Phi) is 2.89. The molecule has 17 heavy (non-hydrogen) atoms. The Bertz CT molecular complexity index is 591. The summed E-state index contributed by atoms with van der Waals surface area (Å²) in [5.41, 5.74) is 1.37. The molecule has 1 aromatic carbocycles. The van der Waals surface area contributed by atoms with Gasteiger partial charge in [-0.15, -0.1) is 0 Å². The quantitative estimate of drug-likeness (QED) is 0.890. The number of phenols is 1. The summed E-state index contributed by atoms with van der Waals surface area (Å²) in [4.78, 5) is 10.7. The van der Waals surface area contributed by atoms with Gasteiger partial charge in [-0.05, 0) is 24.6 Å².